The summed E-state index contributed by atoms with van der Waals surface area (Å²) in [4.78, 5) is 14.5. The summed E-state index contributed by atoms with van der Waals surface area (Å²) < 4.78 is 4.76. The van der Waals surface area contributed by atoms with E-state index in [4.69, 9.17) is 4.74 Å². The first-order valence-electron chi connectivity index (χ1n) is 3.16. The Labute approximate surface area is 69.7 Å². The van der Waals surface area contributed by atoms with Gasteiger partial charge in [-0.3, -0.25) is 10.1 Å². The topological polar surface area (TPSA) is 55.3 Å². The number of amidine groups is 1. The zero-order chi connectivity index (χ0) is 8.10. The monoisotopic (exact) mass is 173 g/mol. The number of hydrogen-bond acceptors (Lipinski definition) is 4. The zero-order valence-electron chi connectivity index (χ0n) is 5.86. The largest absolute Gasteiger partial charge is 0.453 e. The first kappa shape index (κ1) is 8.29. The molecule has 0 atom stereocenters. The summed E-state index contributed by atoms with van der Waals surface area (Å²) in [6.07, 6.45) is 3.45. The van der Waals surface area contributed by atoms with Crippen LogP contribution in [-0.4, -0.2) is 24.2 Å². The molecule has 11 heavy (non-hydrogen) atoms. The molecule has 0 fully saturated rings. The van der Waals surface area contributed by atoms with Crippen molar-refractivity contribution in [2.75, 3.05) is 12.4 Å². The molecule has 4 nitrogen and oxygen atoms in total. The van der Waals surface area contributed by atoms with Crippen LogP contribution in [0.3, 0.4) is 0 Å². The average Bonchev–Trinajstić information content (AvgIpc) is 2.52. The molecule has 1 heterocycles. The van der Waals surface area contributed by atoms with Gasteiger partial charge in [-0.15, -0.1) is 0 Å². The second kappa shape index (κ2) is 4.15. The summed E-state index contributed by atoms with van der Waals surface area (Å²) in [6, 6.07) is 0. The van der Waals surface area contributed by atoms with E-state index in [1.54, 1.807) is 17.7 Å². The number of aliphatic imine (C=N–C) groups is 1. The Hall–Kier alpha value is -0.810. The van der Waals surface area contributed by atoms with Gasteiger partial charge in [-0.2, -0.15) is 17.6 Å². The molecule has 5 heteroatoms. The third-order valence-electron chi connectivity index (χ3n) is 1.13. The van der Waals surface area contributed by atoms with Crippen LogP contribution in [0, 0.1) is 0 Å². The quantitative estimate of drug-likeness (QED) is 0.421. The highest BCUT2D eigenvalue weighted by Crippen LogP contribution is 1.84. The predicted molar refractivity (Wildman–Crippen MR) is 43.3 cm³/mol. The molecule has 0 aromatic carbocycles. The van der Waals surface area contributed by atoms with E-state index in [0.717, 1.165) is 5.84 Å². The Bertz CT molecular complexity index is 213. The van der Waals surface area contributed by atoms with Crippen LogP contribution in [0.4, 0.5) is 0 Å². The van der Waals surface area contributed by atoms with Gasteiger partial charge in [-0.25, -0.2) is 0 Å². The lowest BCUT2D eigenvalue weighted by Crippen LogP contribution is -2.82. The van der Waals surface area contributed by atoms with Gasteiger partial charge in [0.15, 0.2) is 6.61 Å². The molecule has 0 aromatic rings. The van der Waals surface area contributed by atoms with Crippen molar-refractivity contribution in [2.45, 2.75) is 0 Å². The fourth-order valence-electron chi connectivity index (χ4n) is 0.621. The first-order valence-corrected chi connectivity index (χ1v) is 3.79. The first-order chi connectivity index (χ1) is 5.33. The molecule has 0 saturated carbocycles. The maximum atomic E-state index is 10.6. The van der Waals surface area contributed by atoms with E-state index in [-0.39, 0.29) is 18.3 Å². The zero-order valence-corrected chi connectivity index (χ0v) is 6.75. The molecular weight excluding hydrogens is 164 g/mol. The maximum absolute atomic E-state index is 10.6. The second-order valence-corrected chi connectivity index (χ2v) is 2.26. The molecule has 0 unspecified atom stereocenters. The number of thiol groups is 1. The van der Waals surface area contributed by atoms with Crippen molar-refractivity contribution in [3.8, 4) is 0 Å². The van der Waals surface area contributed by atoms with Crippen LogP contribution in [0.25, 0.3) is 0 Å². The smallest absolute Gasteiger partial charge is 0.316 e. The van der Waals surface area contributed by atoms with Crippen molar-refractivity contribution < 1.29 is 14.8 Å². The van der Waals surface area contributed by atoms with E-state index < -0.39 is 0 Å². The van der Waals surface area contributed by atoms with E-state index >= 15 is 0 Å². The summed E-state index contributed by atoms with van der Waals surface area (Å²) in [5, 5.41) is 1.80. The molecule has 1 rings (SSSR count). The number of esters is 1. The van der Waals surface area contributed by atoms with Crippen molar-refractivity contribution >= 4 is 24.4 Å². The van der Waals surface area contributed by atoms with Gasteiger partial charge in [0, 0.05) is 0 Å². The van der Waals surface area contributed by atoms with Crippen LogP contribution >= 0.6 is 12.6 Å². The van der Waals surface area contributed by atoms with Crippen molar-refractivity contribution in [1.29, 1.82) is 0 Å². The van der Waals surface area contributed by atoms with E-state index in [1.165, 1.54) is 0 Å². The third-order valence-corrected chi connectivity index (χ3v) is 1.38. The van der Waals surface area contributed by atoms with Crippen LogP contribution in [-0.2, 0) is 9.53 Å². The summed E-state index contributed by atoms with van der Waals surface area (Å²) in [5.74, 6) is 0.553. The third kappa shape index (κ3) is 2.73. The molecule has 0 saturated heterocycles. The highest BCUT2D eigenvalue weighted by molar-refractivity contribution is 7.81. The van der Waals surface area contributed by atoms with Gasteiger partial charge in [0.2, 0.25) is 5.84 Å². The van der Waals surface area contributed by atoms with Crippen molar-refractivity contribution in [1.82, 2.24) is 0 Å². The summed E-state index contributed by atoms with van der Waals surface area (Å²) >= 11 is 3.75. The Morgan fingerprint density at radius 1 is 1.82 bits per heavy atom. The molecule has 2 N–H and O–H groups in total. The Balaban J connectivity index is 2.18. The molecule has 0 aromatic heterocycles. The Kier molecular flexibility index (Phi) is 3.13. The van der Waals surface area contributed by atoms with Gasteiger partial charge < -0.3 is 4.74 Å². The highest BCUT2D eigenvalue weighted by atomic mass is 32.1. The van der Waals surface area contributed by atoms with Gasteiger partial charge >= 0.3 is 5.97 Å². The fourth-order valence-corrected chi connectivity index (χ4v) is 0.713. The van der Waals surface area contributed by atoms with Crippen molar-refractivity contribution in [3.05, 3.63) is 12.4 Å². The molecular formula is C6H9N2O2S+. The number of ether oxygens (including phenoxy) is 1. The molecule has 1 aliphatic heterocycles. The van der Waals surface area contributed by atoms with Gasteiger partial charge in [0.25, 0.3) is 0 Å². The Morgan fingerprint density at radius 3 is 3.18 bits per heavy atom. The lowest BCUT2D eigenvalue weighted by atomic mass is 10.6. The van der Waals surface area contributed by atoms with E-state index in [1.807, 2.05) is 0 Å². The van der Waals surface area contributed by atoms with Crippen molar-refractivity contribution in [2.24, 2.45) is 4.99 Å². The highest BCUT2D eigenvalue weighted by Gasteiger charge is 2.08. The molecule has 0 amide bonds. The predicted octanol–water partition coefficient (Wildman–Crippen LogP) is -1.09. The van der Waals surface area contributed by atoms with E-state index in [2.05, 4.69) is 17.6 Å². The lowest BCUT2D eigenvalue weighted by molar-refractivity contribution is -0.461. The number of carbonyl (C=O) groups is 1. The van der Waals surface area contributed by atoms with Crippen LogP contribution in [0.5, 0.6) is 0 Å². The van der Waals surface area contributed by atoms with Gasteiger partial charge in [0.05, 0.1) is 12.0 Å². The number of nitrogens with two attached hydrogens (primary N) is 1. The number of nitrogens with zero attached hydrogens (tertiary/aromatic N) is 1. The summed E-state index contributed by atoms with van der Waals surface area (Å²) in [5.41, 5.74) is 0. The number of hydrogen-bond donors (Lipinski definition) is 2. The minimum absolute atomic E-state index is 0.112. The van der Waals surface area contributed by atoms with Crippen LogP contribution in [0.1, 0.15) is 0 Å². The second-order valence-electron chi connectivity index (χ2n) is 1.95. The Morgan fingerprint density at radius 2 is 2.64 bits per heavy atom. The van der Waals surface area contributed by atoms with Gasteiger partial charge in [-0.1, -0.05) is 0 Å². The summed E-state index contributed by atoms with van der Waals surface area (Å²) in [7, 11) is 0. The molecule has 0 aliphatic carbocycles. The lowest BCUT2D eigenvalue weighted by Gasteiger charge is -1.98. The molecule has 0 spiro atoms. The molecule has 0 bridgehead atoms. The normalized spacial score (nSPS) is 14.8. The van der Waals surface area contributed by atoms with Crippen LogP contribution in [0.15, 0.2) is 17.4 Å². The average molecular weight is 173 g/mol. The van der Waals surface area contributed by atoms with Gasteiger partial charge in [0.1, 0.15) is 6.20 Å². The summed E-state index contributed by atoms with van der Waals surface area (Å²) in [6.45, 7) is 0.242. The number of quaternary nitrogens is 1. The fraction of sp³-hybridized carbons (Fsp3) is 0.333. The van der Waals surface area contributed by atoms with E-state index in [9.17, 15) is 4.79 Å². The molecule has 1 aliphatic rings. The minimum Gasteiger partial charge on any atom is -0.453 e. The SMILES string of the molecule is O=C(CS)OCC1=NC=C[NH2+]1. The standard InChI is InChI=1S/C6H8N2O2S/c9-6(4-11)10-3-5-7-1-2-8-5/h1-2,11H,3-4H2,(H,7,8)/p+1. The van der Waals surface area contributed by atoms with Crippen LogP contribution in [0.2, 0.25) is 0 Å². The number of carbonyl (C=O) groups excluding carboxylic acids is 1. The maximum Gasteiger partial charge on any atom is 0.316 e. The van der Waals surface area contributed by atoms with E-state index in [0.29, 0.717) is 0 Å². The number of rotatable bonds is 3. The molecule has 60 valence electrons. The van der Waals surface area contributed by atoms with Gasteiger partial charge in [-0.05, 0) is 0 Å². The minimum atomic E-state index is -0.323. The van der Waals surface area contributed by atoms with Crippen molar-refractivity contribution in [3.63, 3.8) is 0 Å². The molecule has 0 radical (unpaired) electrons. The van der Waals surface area contributed by atoms with Crippen LogP contribution < -0.4 is 5.32 Å².